The number of nitrogen functional groups attached to an aromatic ring is 1. The molecule has 0 saturated heterocycles. The minimum atomic E-state index is 0.396. The maximum atomic E-state index is 6.75. The molecule has 0 aliphatic heterocycles. The Kier molecular flexibility index (Phi) is 5.32. The lowest BCUT2D eigenvalue weighted by Crippen LogP contribution is -2.01. The van der Waals surface area contributed by atoms with Crippen molar-refractivity contribution in [2.24, 2.45) is 0 Å². The van der Waals surface area contributed by atoms with Crippen LogP contribution in [0.1, 0.15) is 5.56 Å². The van der Waals surface area contributed by atoms with Gasteiger partial charge in [-0.1, -0.05) is 97.1 Å². The van der Waals surface area contributed by atoms with Crippen molar-refractivity contribution >= 4 is 49.4 Å². The molecule has 41 heavy (non-hydrogen) atoms. The molecule has 0 bridgehead atoms. The summed E-state index contributed by atoms with van der Waals surface area (Å²) in [5.41, 5.74) is 15.5. The molecule has 0 radical (unpaired) electrons. The molecule has 2 aromatic heterocycles. The molecule has 8 aromatic rings. The first-order valence-electron chi connectivity index (χ1n) is 13.8. The Balaban J connectivity index is 1.17. The highest BCUT2D eigenvalue weighted by Gasteiger charge is 2.19. The Morgan fingerprint density at radius 1 is 0.634 bits per heavy atom. The van der Waals surface area contributed by atoms with Crippen molar-refractivity contribution < 1.29 is 9.15 Å². The van der Waals surface area contributed by atoms with Crippen LogP contribution in [0.15, 0.2) is 138 Å². The highest BCUT2D eigenvalue weighted by molar-refractivity contribution is 6.16. The standard InChI is InChI=1S/C37H26N2O2/c38-36-34(22-30(25-10-2-1-3-11-25)37-35(36)29-14-6-9-17-33(29)41-37)40-23-24-18-20-26(21-19-24)39-31-15-7-4-12-27(31)28-13-5-8-16-32(28)39/h1-22H,23,38H2. The predicted octanol–water partition coefficient (Wildman–Crippen LogP) is 9.51. The molecule has 0 fully saturated rings. The van der Waals surface area contributed by atoms with Gasteiger partial charge in [-0.3, -0.25) is 0 Å². The van der Waals surface area contributed by atoms with Gasteiger partial charge in [0.05, 0.1) is 22.1 Å². The van der Waals surface area contributed by atoms with Gasteiger partial charge >= 0.3 is 0 Å². The number of nitrogens with two attached hydrogens (primary N) is 1. The van der Waals surface area contributed by atoms with Gasteiger partial charge in [0.25, 0.3) is 0 Å². The molecule has 196 valence electrons. The summed E-state index contributed by atoms with van der Waals surface area (Å²) in [6.07, 6.45) is 0. The van der Waals surface area contributed by atoms with Gasteiger partial charge in [0.15, 0.2) is 0 Å². The van der Waals surface area contributed by atoms with E-state index < -0.39 is 0 Å². The Hall–Kier alpha value is -5.48. The minimum Gasteiger partial charge on any atom is -0.487 e. The Labute approximate surface area is 236 Å². The van der Waals surface area contributed by atoms with Gasteiger partial charge in [-0.15, -0.1) is 0 Å². The zero-order valence-corrected chi connectivity index (χ0v) is 22.2. The number of ether oxygens (including phenoxy) is 1. The monoisotopic (exact) mass is 530 g/mol. The summed E-state index contributed by atoms with van der Waals surface area (Å²) < 4.78 is 15.0. The maximum Gasteiger partial charge on any atom is 0.145 e. The fraction of sp³-hybridized carbons (Fsp3) is 0.0270. The summed E-state index contributed by atoms with van der Waals surface area (Å²) >= 11 is 0. The SMILES string of the molecule is Nc1c(OCc2ccc(-n3c4ccccc4c4ccccc43)cc2)cc(-c2ccccc2)c2oc3ccccc3c12. The predicted molar refractivity (Wildman–Crippen MR) is 169 cm³/mol. The van der Waals surface area contributed by atoms with Crippen molar-refractivity contribution in [3.8, 4) is 22.6 Å². The average molecular weight is 531 g/mol. The van der Waals surface area contributed by atoms with E-state index >= 15 is 0 Å². The molecular formula is C37H26N2O2. The van der Waals surface area contributed by atoms with E-state index in [0.29, 0.717) is 18.0 Å². The molecule has 2 N–H and O–H groups in total. The molecule has 0 spiro atoms. The van der Waals surface area contributed by atoms with E-state index in [1.807, 2.05) is 48.5 Å². The topological polar surface area (TPSA) is 53.3 Å². The highest BCUT2D eigenvalue weighted by Crippen LogP contribution is 2.44. The van der Waals surface area contributed by atoms with Gasteiger partial charge in [0.1, 0.15) is 23.5 Å². The Morgan fingerprint density at radius 3 is 1.95 bits per heavy atom. The van der Waals surface area contributed by atoms with Crippen LogP contribution < -0.4 is 10.5 Å². The van der Waals surface area contributed by atoms with E-state index in [0.717, 1.165) is 44.3 Å². The summed E-state index contributed by atoms with van der Waals surface area (Å²) in [4.78, 5) is 0. The number of hydrogen-bond donors (Lipinski definition) is 1. The summed E-state index contributed by atoms with van der Waals surface area (Å²) in [5.74, 6) is 0.648. The van der Waals surface area contributed by atoms with Crippen molar-refractivity contribution in [3.63, 3.8) is 0 Å². The molecule has 0 aliphatic rings. The second kappa shape index (κ2) is 9.32. The molecule has 0 saturated carbocycles. The van der Waals surface area contributed by atoms with Crippen LogP contribution in [0.5, 0.6) is 5.75 Å². The largest absolute Gasteiger partial charge is 0.487 e. The van der Waals surface area contributed by atoms with Crippen LogP contribution in [-0.4, -0.2) is 4.57 Å². The van der Waals surface area contributed by atoms with Gasteiger partial charge in [-0.2, -0.15) is 0 Å². The van der Waals surface area contributed by atoms with Crippen LogP contribution in [-0.2, 0) is 6.61 Å². The molecule has 2 heterocycles. The molecule has 4 heteroatoms. The first kappa shape index (κ1) is 23.4. The first-order chi connectivity index (χ1) is 20.3. The van der Waals surface area contributed by atoms with E-state index in [9.17, 15) is 0 Å². The number of anilines is 1. The third kappa shape index (κ3) is 3.76. The van der Waals surface area contributed by atoms with Gasteiger partial charge < -0.3 is 19.5 Å². The summed E-state index contributed by atoms with van der Waals surface area (Å²) in [6.45, 7) is 0.396. The lowest BCUT2D eigenvalue weighted by atomic mass is 10.0. The number of aromatic nitrogens is 1. The van der Waals surface area contributed by atoms with Crippen molar-refractivity contribution in [1.29, 1.82) is 0 Å². The average Bonchev–Trinajstić information content (AvgIpc) is 3.58. The third-order valence-corrected chi connectivity index (χ3v) is 7.90. The quantitative estimate of drug-likeness (QED) is 0.225. The van der Waals surface area contributed by atoms with Crippen molar-refractivity contribution in [1.82, 2.24) is 4.57 Å². The highest BCUT2D eigenvalue weighted by atomic mass is 16.5. The van der Waals surface area contributed by atoms with Crippen molar-refractivity contribution in [2.45, 2.75) is 6.61 Å². The fourth-order valence-corrected chi connectivity index (χ4v) is 5.95. The van der Waals surface area contributed by atoms with Crippen molar-refractivity contribution in [2.75, 3.05) is 5.73 Å². The number of benzene rings is 6. The lowest BCUT2D eigenvalue weighted by Gasteiger charge is -2.14. The lowest BCUT2D eigenvalue weighted by molar-refractivity contribution is 0.308. The van der Waals surface area contributed by atoms with Crippen LogP contribution in [0.4, 0.5) is 5.69 Å². The second-order valence-electron chi connectivity index (χ2n) is 10.3. The van der Waals surface area contributed by atoms with E-state index in [-0.39, 0.29) is 0 Å². The molecule has 8 rings (SSSR count). The molecule has 0 amide bonds. The number of furan rings is 1. The second-order valence-corrected chi connectivity index (χ2v) is 10.3. The molecule has 6 aromatic carbocycles. The van der Waals surface area contributed by atoms with Gasteiger partial charge in [-0.05, 0) is 47.5 Å². The number of fused-ring (bicyclic) bond motifs is 6. The normalized spacial score (nSPS) is 11.6. The van der Waals surface area contributed by atoms with Crippen LogP contribution in [0.2, 0.25) is 0 Å². The van der Waals surface area contributed by atoms with E-state index in [4.69, 9.17) is 14.9 Å². The third-order valence-electron chi connectivity index (χ3n) is 7.90. The summed E-state index contributed by atoms with van der Waals surface area (Å²) in [6, 6.07) is 45.9. The smallest absolute Gasteiger partial charge is 0.145 e. The van der Waals surface area contributed by atoms with Gasteiger partial charge in [0.2, 0.25) is 0 Å². The molecule has 0 unspecified atom stereocenters. The Morgan fingerprint density at radius 2 is 1.24 bits per heavy atom. The summed E-state index contributed by atoms with van der Waals surface area (Å²) in [7, 11) is 0. The van der Waals surface area contributed by atoms with Gasteiger partial charge in [0, 0.05) is 27.4 Å². The van der Waals surface area contributed by atoms with Crippen molar-refractivity contribution in [3.05, 3.63) is 139 Å². The van der Waals surface area contributed by atoms with E-state index in [1.54, 1.807) is 0 Å². The fourth-order valence-electron chi connectivity index (χ4n) is 5.95. The molecule has 0 atom stereocenters. The maximum absolute atomic E-state index is 6.75. The van der Waals surface area contributed by atoms with Crippen LogP contribution in [0.25, 0.3) is 60.6 Å². The Bertz CT molecular complexity index is 2150. The van der Waals surface area contributed by atoms with Crippen LogP contribution >= 0.6 is 0 Å². The number of para-hydroxylation sites is 3. The molecular weight excluding hydrogens is 504 g/mol. The zero-order chi connectivity index (χ0) is 27.3. The van der Waals surface area contributed by atoms with Gasteiger partial charge in [-0.25, -0.2) is 0 Å². The summed E-state index contributed by atoms with van der Waals surface area (Å²) in [5, 5.41) is 4.38. The van der Waals surface area contributed by atoms with Crippen LogP contribution in [0, 0.1) is 0 Å². The first-order valence-corrected chi connectivity index (χ1v) is 13.8. The zero-order valence-electron chi connectivity index (χ0n) is 22.2. The number of hydrogen-bond acceptors (Lipinski definition) is 3. The molecule has 0 aliphatic carbocycles. The molecule has 4 nitrogen and oxygen atoms in total. The minimum absolute atomic E-state index is 0.396. The number of nitrogens with zero attached hydrogens (tertiary/aromatic N) is 1. The number of rotatable bonds is 5. The van der Waals surface area contributed by atoms with E-state index in [2.05, 4.69) is 89.5 Å². The van der Waals surface area contributed by atoms with Crippen LogP contribution in [0.3, 0.4) is 0 Å². The van der Waals surface area contributed by atoms with E-state index in [1.165, 1.54) is 21.8 Å².